The van der Waals surface area contributed by atoms with Gasteiger partial charge in [-0.1, -0.05) is 20.8 Å². The Balaban J connectivity index is 2.57. The summed E-state index contributed by atoms with van der Waals surface area (Å²) >= 11 is 0. The van der Waals surface area contributed by atoms with E-state index in [0.29, 0.717) is 0 Å². The van der Waals surface area contributed by atoms with Crippen LogP contribution in [-0.4, -0.2) is 28.2 Å². The summed E-state index contributed by atoms with van der Waals surface area (Å²) in [5, 5.41) is 12.2. The van der Waals surface area contributed by atoms with E-state index in [0.717, 1.165) is 6.42 Å². The number of hydrogen-bond donors (Lipinski definition) is 2. The molecule has 1 heterocycles. The third kappa shape index (κ3) is 4.53. The van der Waals surface area contributed by atoms with Crippen LogP contribution in [0.25, 0.3) is 0 Å². The molecule has 0 aliphatic rings. The molecule has 0 saturated carbocycles. The standard InChI is InChI=1S/C14H24N2O2/c1-11(16-7-5-6-8-16)13(18)15-12(10-17)9-14(2,3)4/h5-8,11-12,17H,9-10H2,1-4H3,(H,15,18). The highest BCUT2D eigenvalue weighted by atomic mass is 16.3. The lowest BCUT2D eigenvalue weighted by atomic mass is 9.88. The predicted octanol–water partition coefficient (Wildman–Crippen LogP) is 1.96. The molecule has 1 rings (SSSR count). The molecule has 0 radical (unpaired) electrons. The molecule has 2 unspecified atom stereocenters. The number of nitrogens with one attached hydrogen (secondary N) is 1. The minimum atomic E-state index is -0.256. The van der Waals surface area contributed by atoms with Crippen LogP contribution in [0.4, 0.5) is 0 Å². The van der Waals surface area contributed by atoms with E-state index in [1.807, 2.05) is 36.0 Å². The Morgan fingerprint density at radius 1 is 1.33 bits per heavy atom. The SMILES string of the molecule is CC(C(=O)NC(CO)CC(C)(C)C)n1cccc1. The van der Waals surface area contributed by atoms with Crippen molar-refractivity contribution in [2.45, 2.75) is 46.2 Å². The van der Waals surface area contributed by atoms with Gasteiger partial charge in [-0.25, -0.2) is 0 Å². The van der Waals surface area contributed by atoms with Crippen molar-refractivity contribution in [1.82, 2.24) is 9.88 Å². The summed E-state index contributed by atoms with van der Waals surface area (Å²) in [6.07, 6.45) is 4.48. The van der Waals surface area contributed by atoms with Gasteiger partial charge in [-0.05, 0) is 30.9 Å². The van der Waals surface area contributed by atoms with Gasteiger partial charge in [0, 0.05) is 12.4 Å². The Bertz CT molecular complexity index is 366. The minimum Gasteiger partial charge on any atom is -0.394 e. The Hall–Kier alpha value is -1.29. The lowest BCUT2D eigenvalue weighted by Gasteiger charge is -2.26. The van der Waals surface area contributed by atoms with Crippen molar-refractivity contribution < 1.29 is 9.90 Å². The highest BCUT2D eigenvalue weighted by Crippen LogP contribution is 2.21. The van der Waals surface area contributed by atoms with E-state index in [9.17, 15) is 9.90 Å². The van der Waals surface area contributed by atoms with Crippen molar-refractivity contribution in [1.29, 1.82) is 0 Å². The van der Waals surface area contributed by atoms with Crippen molar-refractivity contribution >= 4 is 5.91 Å². The molecule has 1 amide bonds. The van der Waals surface area contributed by atoms with Gasteiger partial charge in [0.05, 0.1) is 12.6 Å². The van der Waals surface area contributed by atoms with E-state index in [-0.39, 0.29) is 30.0 Å². The number of aliphatic hydroxyl groups excluding tert-OH is 1. The van der Waals surface area contributed by atoms with E-state index < -0.39 is 0 Å². The number of carbonyl (C=O) groups excluding carboxylic acids is 1. The molecule has 4 nitrogen and oxygen atoms in total. The molecule has 4 heteroatoms. The van der Waals surface area contributed by atoms with Gasteiger partial charge in [0.2, 0.25) is 5.91 Å². The Labute approximate surface area is 109 Å². The van der Waals surface area contributed by atoms with E-state index in [2.05, 4.69) is 26.1 Å². The van der Waals surface area contributed by atoms with Gasteiger partial charge in [0.15, 0.2) is 0 Å². The smallest absolute Gasteiger partial charge is 0.243 e. The zero-order valence-corrected chi connectivity index (χ0v) is 11.7. The predicted molar refractivity (Wildman–Crippen MR) is 72.2 cm³/mol. The Morgan fingerprint density at radius 3 is 2.33 bits per heavy atom. The average Bonchev–Trinajstić information content (AvgIpc) is 2.78. The second-order valence-corrected chi connectivity index (χ2v) is 5.96. The quantitative estimate of drug-likeness (QED) is 0.841. The topological polar surface area (TPSA) is 54.3 Å². The van der Waals surface area contributed by atoms with Gasteiger partial charge >= 0.3 is 0 Å². The molecular formula is C14H24N2O2. The first kappa shape index (κ1) is 14.8. The maximum atomic E-state index is 12.1. The first-order valence-corrected chi connectivity index (χ1v) is 6.37. The monoisotopic (exact) mass is 252 g/mol. The van der Waals surface area contributed by atoms with Crippen molar-refractivity contribution in [2.24, 2.45) is 5.41 Å². The van der Waals surface area contributed by atoms with Crippen LogP contribution >= 0.6 is 0 Å². The van der Waals surface area contributed by atoms with Gasteiger partial charge in [-0.2, -0.15) is 0 Å². The van der Waals surface area contributed by atoms with Crippen molar-refractivity contribution in [2.75, 3.05) is 6.61 Å². The van der Waals surface area contributed by atoms with Crippen molar-refractivity contribution in [3.05, 3.63) is 24.5 Å². The van der Waals surface area contributed by atoms with Crippen LogP contribution in [0.5, 0.6) is 0 Å². The second-order valence-electron chi connectivity index (χ2n) is 5.96. The fraction of sp³-hybridized carbons (Fsp3) is 0.643. The second kappa shape index (κ2) is 6.05. The van der Waals surface area contributed by atoms with Gasteiger partial charge in [-0.15, -0.1) is 0 Å². The molecule has 0 fully saturated rings. The highest BCUT2D eigenvalue weighted by Gasteiger charge is 2.22. The fourth-order valence-electron chi connectivity index (χ4n) is 1.96. The molecule has 102 valence electrons. The fourth-order valence-corrected chi connectivity index (χ4v) is 1.96. The molecule has 0 saturated heterocycles. The number of hydrogen-bond acceptors (Lipinski definition) is 2. The maximum Gasteiger partial charge on any atom is 0.243 e. The zero-order chi connectivity index (χ0) is 13.8. The van der Waals surface area contributed by atoms with Gasteiger partial charge in [-0.3, -0.25) is 4.79 Å². The number of nitrogens with zero attached hydrogens (tertiary/aromatic N) is 1. The van der Waals surface area contributed by atoms with Crippen LogP contribution in [0.2, 0.25) is 0 Å². The van der Waals surface area contributed by atoms with Crippen LogP contribution < -0.4 is 5.32 Å². The van der Waals surface area contributed by atoms with E-state index in [1.165, 1.54) is 0 Å². The zero-order valence-electron chi connectivity index (χ0n) is 11.7. The summed E-state index contributed by atoms with van der Waals surface area (Å²) in [7, 11) is 0. The maximum absolute atomic E-state index is 12.1. The third-order valence-electron chi connectivity index (χ3n) is 2.88. The summed E-state index contributed by atoms with van der Waals surface area (Å²) in [6.45, 7) is 8.10. The van der Waals surface area contributed by atoms with Crippen LogP contribution in [0, 0.1) is 5.41 Å². The third-order valence-corrected chi connectivity index (χ3v) is 2.88. The van der Waals surface area contributed by atoms with Gasteiger partial charge in [0.1, 0.15) is 6.04 Å². The molecule has 0 aromatic carbocycles. The normalized spacial score (nSPS) is 15.2. The Kier molecular flexibility index (Phi) is 4.96. The van der Waals surface area contributed by atoms with Crippen LogP contribution in [0.1, 0.15) is 40.2 Å². The summed E-state index contributed by atoms with van der Waals surface area (Å²) in [5.74, 6) is -0.0606. The molecule has 1 aromatic heterocycles. The summed E-state index contributed by atoms with van der Waals surface area (Å²) in [4.78, 5) is 12.1. The molecular weight excluding hydrogens is 228 g/mol. The number of amides is 1. The molecule has 2 N–H and O–H groups in total. The van der Waals surface area contributed by atoms with Gasteiger partial charge in [0.25, 0.3) is 0 Å². The molecule has 2 atom stereocenters. The van der Waals surface area contributed by atoms with Crippen molar-refractivity contribution in [3.8, 4) is 0 Å². The van der Waals surface area contributed by atoms with Crippen LogP contribution in [-0.2, 0) is 4.79 Å². The molecule has 18 heavy (non-hydrogen) atoms. The number of rotatable bonds is 5. The van der Waals surface area contributed by atoms with Crippen LogP contribution in [0.3, 0.4) is 0 Å². The largest absolute Gasteiger partial charge is 0.394 e. The van der Waals surface area contributed by atoms with Crippen molar-refractivity contribution in [3.63, 3.8) is 0 Å². The molecule has 1 aromatic rings. The molecule has 0 aliphatic carbocycles. The average molecular weight is 252 g/mol. The molecule has 0 spiro atoms. The highest BCUT2D eigenvalue weighted by molar-refractivity contribution is 5.80. The lowest BCUT2D eigenvalue weighted by Crippen LogP contribution is -2.42. The molecule has 0 bridgehead atoms. The summed E-state index contributed by atoms with van der Waals surface area (Å²) in [6, 6.07) is 3.34. The number of aliphatic hydroxyl groups is 1. The minimum absolute atomic E-state index is 0.0264. The summed E-state index contributed by atoms with van der Waals surface area (Å²) in [5.41, 5.74) is 0.0807. The van der Waals surface area contributed by atoms with Gasteiger partial charge < -0.3 is 15.0 Å². The van der Waals surface area contributed by atoms with E-state index >= 15 is 0 Å². The number of aromatic nitrogens is 1. The molecule has 0 aliphatic heterocycles. The first-order chi connectivity index (χ1) is 8.33. The van der Waals surface area contributed by atoms with E-state index in [1.54, 1.807) is 0 Å². The van der Waals surface area contributed by atoms with E-state index in [4.69, 9.17) is 0 Å². The summed E-state index contributed by atoms with van der Waals surface area (Å²) < 4.78 is 1.85. The first-order valence-electron chi connectivity index (χ1n) is 6.37. The van der Waals surface area contributed by atoms with Crippen LogP contribution in [0.15, 0.2) is 24.5 Å². The lowest BCUT2D eigenvalue weighted by molar-refractivity contribution is -0.125. The Morgan fingerprint density at radius 2 is 1.89 bits per heavy atom. The number of carbonyl (C=O) groups is 1.